The van der Waals surface area contributed by atoms with Crippen molar-refractivity contribution in [2.75, 3.05) is 6.54 Å². The summed E-state index contributed by atoms with van der Waals surface area (Å²) in [6.07, 6.45) is 4.31. The predicted octanol–water partition coefficient (Wildman–Crippen LogP) is 0.834. The van der Waals surface area contributed by atoms with E-state index in [1.807, 2.05) is 4.90 Å². The molecule has 1 aliphatic rings. The minimum absolute atomic E-state index is 0.189. The van der Waals surface area contributed by atoms with E-state index in [1.165, 1.54) is 6.20 Å². The number of hydrogen-bond donors (Lipinski definition) is 2. The van der Waals surface area contributed by atoms with Gasteiger partial charge in [0.25, 0.3) is 5.91 Å². The van der Waals surface area contributed by atoms with Crippen LogP contribution >= 0.6 is 0 Å². The summed E-state index contributed by atoms with van der Waals surface area (Å²) in [4.78, 5) is 29.2. The van der Waals surface area contributed by atoms with Crippen LogP contribution in [0.2, 0.25) is 0 Å². The Balaban J connectivity index is 1.96. The van der Waals surface area contributed by atoms with Crippen LogP contribution in [-0.4, -0.2) is 28.2 Å². The molecule has 1 aromatic heterocycles. The molecule has 0 bridgehead atoms. The van der Waals surface area contributed by atoms with E-state index >= 15 is 0 Å². The van der Waals surface area contributed by atoms with Gasteiger partial charge in [-0.1, -0.05) is 13.3 Å². The molecule has 1 aromatic rings. The third-order valence-electron chi connectivity index (χ3n) is 3.56. The van der Waals surface area contributed by atoms with Crippen LogP contribution in [0.3, 0.4) is 0 Å². The predicted molar refractivity (Wildman–Crippen MR) is 74.3 cm³/mol. The van der Waals surface area contributed by atoms with Crippen molar-refractivity contribution in [3.8, 4) is 0 Å². The van der Waals surface area contributed by atoms with Crippen molar-refractivity contribution in [2.45, 2.75) is 32.7 Å². The van der Waals surface area contributed by atoms with Gasteiger partial charge < -0.3 is 4.90 Å². The van der Waals surface area contributed by atoms with Gasteiger partial charge in [-0.2, -0.15) is 0 Å². The number of hydrogen-bond acceptors (Lipinski definition) is 4. The Morgan fingerprint density at radius 2 is 2.35 bits per heavy atom. The van der Waals surface area contributed by atoms with Gasteiger partial charge in [0.2, 0.25) is 5.91 Å². The number of nitrogens with zero attached hydrogens (tertiary/aromatic N) is 2. The number of nitrogens with one attached hydrogen (secondary N) is 1. The first-order valence-electron chi connectivity index (χ1n) is 6.87. The van der Waals surface area contributed by atoms with Gasteiger partial charge >= 0.3 is 0 Å². The molecule has 1 aliphatic heterocycles. The fourth-order valence-electron chi connectivity index (χ4n) is 2.54. The van der Waals surface area contributed by atoms with Crippen molar-refractivity contribution < 1.29 is 9.59 Å². The summed E-state index contributed by atoms with van der Waals surface area (Å²) in [5.41, 5.74) is 3.25. The monoisotopic (exact) mass is 276 g/mol. The largest absolute Gasteiger partial charge is 0.336 e. The molecule has 0 aromatic carbocycles. The first-order valence-corrected chi connectivity index (χ1v) is 6.87. The molecule has 1 unspecified atom stereocenters. The molecule has 2 heterocycles. The smallest absolute Gasteiger partial charge is 0.266 e. The molecule has 3 N–H and O–H groups in total. The average Bonchev–Trinajstić information content (AvgIpc) is 2.79. The number of nitrogen functional groups attached to an aromatic ring is 1. The van der Waals surface area contributed by atoms with E-state index in [1.54, 1.807) is 12.1 Å². The second kappa shape index (κ2) is 6.47. The second-order valence-corrected chi connectivity index (χ2v) is 5.14. The zero-order valence-corrected chi connectivity index (χ0v) is 11.6. The summed E-state index contributed by atoms with van der Waals surface area (Å²) in [5.74, 6) is 5.34. The molecule has 20 heavy (non-hydrogen) atoms. The van der Waals surface area contributed by atoms with Crippen LogP contribution in [0.4, 0.5) is 0 Å². The van der Waals surface area contributed by atoms with Crippen LogP contribution in [0.1, 0.15) is 42.2 Å². The highest BCUT2D eigenvalue weighted by atomic mass is 16.2. The topological polar surface area (TPSA) is 88.3 Å². The summed E-state index contributed by atoms with van der Waals surface area (Å²) < 4.78 is 0. The summed E-state index contributed by atoms with van der Waals surface area (Å²) >= 11 is 0. The molecule has 1 fully saturated rings. The molecule has 2 rings (SSSR count). The Kier molecular flexibility index (Phi) is 4.68. The van der Waals surface area contributed by atoms with Crippen LogP contribution in [0.15, 0.2) is 18.3 Å². The summed E-state index contributed by atoms with van der Waals surface area (Å²) in [5, 5.41) is 0. The van der Waals surface area contributed by atoms with Gasteiger partial charge in [-0.15, -0.1) is 0 Å². The molecule has 6 heteroatoms. The Bertz CT molecular complexity index is 486. The van der Waals surface area contributed by atoms with Crippen LogP contribution < -0.4 is 11.3 Å². The SMILES string of the molecule is CCCC1CC(=O)N(Cc2ccc(C(=O)NN)cn2)C1. The maximum absolute atomic E-state index is 11.9. The maximum Gasteiger partial charge on any atom is 0.266 e. The van der Waals surface area contributed by atoms with Gasteiger partial charge in [0, 0.05) is 19.2 Å². The zero-order chi connectivity index (χ0) is 14.5. The summed E-state index contributed by atoms with van der Waals surface area (Å²) in [6, 6.07) is 3.42. The van der Waals surface area contributed by atoms with Crippen molar-refractivity contribution >= 4 is 11.8 Å². The molecule has 108 valence electrons. The third-order valence-corrected chi connectivity index (χ3v) is 3.56. The highest BCUT2D eigenvalue weighted by Crippen LogP contribution is 2.23. The highest BCUT2D eigenvalue weighted by molar-refractivity contribution is 5.93. The van der Waals surface area contributed by atoms with Gasteiger partial charge in [0.15, 0.2) is 0 Å². The van der Waals surface area contributed by atoms with E-state index in [9.17, 15) is 9.59 Å². The Labute approximate surface area is 118 Å². The number of carbonyl (C=O) groups excluding carboxylic acids is 2. The second-order valence-electron chi connectivity index (χ2n) is 5.14. The number of rotatable bonds is 5. The first kappa shape index (κ1) is 14.5. The standard InChI is InChI=1S/C14H20N4O2/c1-2-3-10-6-13(19)18(8-10)9-12-5-4-11(7-16-12)14(20)17-15/h4-5,7,10H,2-3,6,8-9,15H2,1H3,(H,17,20). The number of hydrazine groups is 1. The minimum Gasteiger partial charge on any atom is -0.336 e. The van der Waals surface area contributed by atoms with E-state index in [0.717, 1.165) is 25.1 Å². The first-order chi connectivity index (χ1) is 9.63. The van der Waals surface area contributed by atoms with Crippen molar-refractivity contribution in [3.05, 3.63) is 29.6 Å². The lowest BCUT2D eigenvalue weighted by Gasteiger charge is -2.16. The third kappa shape index (κ3) is 3.33. The van der Waals surface area contributed by atoms with Gasteiger partial charge in [-0.05, 0) is 24.5 Å². The van der Waals surface area contributed by atoms with Crippen LogP contribution in [0.5, 0.6) is 0 Å². The molecular weight excluding hydrogens is 256 g/mol. The Morgan fingerprint density at radius 1 is 1.55 bits per heavy atom. The Morgan fingerprint density at radius 3 is 2.95 bits per heavy atom. The molecule has 1 saturated heterocycles. The number of carbonyl (C=O) groups is 2. The van der Waals surface area contributed by atoms with Crippen molar-refractivity contribution in [2.24, 2.45) is 11.8 Å². The van der Waals surface area contributed by atoms with Crippen LogP contribution in [0, 0.1) is 5.92 Å². The van der Waals surface area contributed by atoms with Crippen molar-refractivity contribution in [1.29, 1.82) is 0 Å². The number of pyridine rings is 1. The quantitative estimate of drug-likeness (QED) is 0.474. The van der Waals surface area contributed by atoms with Crippen molar-refractivity contribution in [1.82, 2.24) is 15.3 Å². The molecule has 6 nitrogen and oxygen atoms in total. The van der Waals surface area contributed by atoms with E-state index in [2.05, 4.69) is 17.3 Å². The van der Waals surface area contributed by atoms with E-state index in [-0.39, 0.29) is 11.8 Å². The van der Waals surface area contributed by atoms with Gasteiger partial charge in [-0.25, -0.2) is 5.84 Å². The molecule has 0 saturated carbocycles. The molecule has 1 atom stereocenters. The molecule has 2 amide bonds. The average molecular weight is 276 g/mol. The lowest BCUT2D eigenvalue weighted by molar-refractivity contribution is -0.128. The van der Waals surface area contributed by atoms with Crippen LogP contribution in [0.25, 0.3) is 0 Å². The summed E-state index contributed by atoms with van der Waals surface area (Å²) in [6.45, 7) is 3.44. The fourth-order valence-corrected chi connectivity index (χ4v) is 2.54. The Hall–Kier alpha value is -1.95. The number of amides is 2. The highest BCUT2D eigenvalue weighted by Gasteiger charge is 2.28. The minimum atomic E-state index is -0.371. The molecule has 0 radical (unpaired) electrons. The van der Waals surface area contributed by atoms with Crippen molar-refractivity contribution in [3.63, 3.8) is 0 Å². The van der Waals surface area contributed by atoms with Gasteiger partial charge in [0.05, 0.1) is 17.8 Å². The van der Waals surface area contributed by atoms with Gasteiger partial charge in [0.1, 0.15) is 0 Å². The molecule has 0 spiro atoms. The zero-order valence-electron chi connectivity index (χ0n) is 11.6. The lowest BCUT2D eigenvalue weighted by Crippen LogP contribution is -2.30. The van der Waals surface area contributed by atoms with E-state index < -0.39 is 0 Å². The number of likely N-dealkylation sites (tertiary alicyclic amines) is 1. The maximum atomic E-state index is 11.9. The lowest BCUT2D eigenvalue weighted by atomic mass is 10.0. The van der Waals surface area contributed by atoms with E-state index in [4.69, 9.17) is 5.84 Å². The normalized spacial score (nSPS) is 18.4. The fraction of sp³-hybridized carbons (Fsp3) is 0.500. The number of nitrogens with two attached hydrogens (primary N) is 1. The van der Waals surface area contributed by atoms with E-state index in [0.29, 0.717) is 24.4 Å². The molecule has 0 aliphatic carbocycles. The van der Waals surface area contributed by atoms with Crippen LogP contribution in [-0.2, 0) is 11.3 Å². The van der Waals surface area contributed by atoms with Gasteiger partial charge in [-0.3, -0.25) is 20.0 Å². The summed E-state index contributed by atoms with van der Waals surface area (Å²) in [7, 11) is 0. The number of aromatic nitrogens is 1. The molecular formula is C14H20N4O2.